The summed E-state index contributed by atoms with van der Waals surface area (Å²) in [6.45, 7) is 6.35. The number of allylic oxidation sites excluding steroid dienone is 16. The van der Waals surface area contributed by atoms with Gasteiger partial charge in [-0.3, -0.25) is 14.4 Å². The molecule has 0 spiro atoms. The highest BCUT2D eigenvalue weighted by Gasteiger charge is 2.19. The normalized spacial score (nSPS) is 12.9. The summed E-state index contributed by atoms with van der Waals surface area (Å²) in [5.74, 6) is -0.979. The van der Waals surface area contributed by atoms with E-state index in [0.717, 1.165) is 128 Å². The molecule has 0 N–H and O–H groups in total. The van der Waals surface area contributed by atoms with Crippen molar-refractivity contribution in [1.29, 1.82) is 0 Å². The smallest absolute Gasteiger partial charge is 0.306 e. The minimum Gasteiger partial charge on any atom is -0.462 e. The van der Waals surface area contributed by atoms with Crippen LogP contribution in [0.4, 0.5) is 0 Å². The molecule has 0 amide bonds. The molecule has 59 heavy (non-hydrogen) atoms. The molecule has 0 aromatic rings. The summed E-state index contributed by atoms with van der Waals surface area (Å²) >= 11 is 0. The third-order valence-corrected chi connectivity index (χ3v) is 9.66. The highest BCUT2D eigenvalue weighted by Crippen LogP contribution is 2.12. The molecule has 0 saturated carbocycles. The molecule has 0 saturated heterocycles. The predicted molar refractivity (Wildman–Crippen MR) is 251 cm³/mol. The maximum absolute atomic E-state index is 12.7. The van der Waals surface area contributed by atoms with Crippen LogP contribution in [-0.4, -0.2) is 37.2 Å². The van der Waals surface area contributed by atoms with Gasteiger partial charge in [-0.2, -0.15) is 0 Å². The summed E-state index contributed by atoms with van der Waals surface area (Å²) in [4.78, 5) is 37.8. The summed E-state index contributed by atoms with van der Waals surface area (Å²) in [6, 6.07) is 0. The first kappa shape index (κ1) is 55.3. The lowest BCUT2D eigenvalue weighted by atomic mass is 10.1. The number of carbonyl (C=O) groups excluding carboxylic acids is 3. The third-order valence-electron chi connectivity index (χ3n) is 9.66. The quantitative estimate of drug-likeness (QED) is 0.0201. The fourth-order valence-electron chi connectivity index (χ4n) is 6.05. The zero-order valence-corrected chi connectivity index (χ0v) is 38.0. The summed E-state index contributed by atoms with van der Waals surface area (Å²) in [7, 11) is 0. The van der Waals surface area contributed by atoms with E-state index < -0.39 is 6.10 Å². The van der Waals surface area contributed by atoms with Gasteiger partial charge >= 0.3 is 17.9 Å². The molecule has 0 aliphatic rings. The van der Waals surface area contributed by atoms with E-state index in [1.165, 1.54) is 32.1 Å². The summed E-state index contributed by atoms with van der Waals surface area (Å²) in [5, 5.41) is 0. The fraction of sp³-hybridized carbons (Fsp3) is 0.642. The van der Waals surface area contributed by atoms with Crippen LogP contribution in [0.5, 0.6) is 0 Å². The molecule has 0 radical (unpaired) electrons. The van der Waals surface area contributed by atoms with Crippen LogP contribution in [-0.2, 0) is 28.6 Å². The average Bonchev–Trinajstić information content (AvgIpc) is 3.23. The van der Waals surface area contributed by atoms with Crippen LogP contribution in [0.1, 0.15) is 201 Å². The van der Waals surface area contributed by atoms with Crippen molar-refractivity contribution in [3.8, 4) is 0 Å². The van der Waals surface area contributed by atoms with Gasteiger partial charge in [0.05, 0.1) is 0 Å². The fourth-order valence-corrected chi connectivity index (χ4v) is 6.05. The largest absolute Gasteiger partial charge is 0.462 e. The van der Waals surface area contributed by atoms with Crippen LogP contribution >= 0.6 is 0 Å². The molecule has 6 nitrogen and oxygen atoms in total. The predicted octanol–water partition coefficient (Wildman–Crippen LogP) is 15.4. The van der Waals surface area contributed by atoms with Crippen molar-refractivity contribution in [3.63, 3.8) is 0 Å². The Morgan fingerprint density at radius 1 is 0.373 bits per heavy atom. The lowest BCUT2D eigenvalue weighted by molar-refractivity contribution is -0.167. The van der Waals surface area contributed by atoms with E-state index in [0.29, 0.717) is 19.3 Å². The van der Waals surface area contributed by atoms with Crippen LogP contribution < -0.4 is 0 Å². The number of unbranched alkanes of at least 4 members (excludes halogenated alkanes) is 18. The number of ether oxygens (including phenoxy) is 3. The molecule has 6 heteroatoms. The molecule has 0 bridgehead atoms. The Kier molecular flexibility index (Phi) is 44.1. The van der Waals surface area contributed by atoms with Gasteiger partial charge in [0.15, 0.2) is 6.10 Å². The minimum absolute atomic E-state index is 0.106. The summed E-state index contributed by atoms with van der Waals surface area (Å²) in [5.41, 5.74) is 0. The topological polar surface area (TPSA) is 78.9 Å². The SMILES string of the molecule is CC/C=C\C/C=C\CCCCCCCC(=O)OC(COC(=O)CCCCC/C=C\C=C/CCCC)COC(=O)CCCCCCC\C=C/C=C\C=C/C=C\CCCCC. The van der Waals surface area contributed by atoms with Crippen molar-refractivity contribution in [2.75, 3.05) is 13.2 Å². The highest BCUT2D eigenvalue weighted by atomic mass is 16.6. The number of rotatable bonds is 41. The molecule has 0 heterocycles. The summed E-state index contributed by atoms with van der Waals surface area (Å²) < 4.78 is 16.7. The van der Waals surface area contributed by atoms with E-state index in [9.17, 15) is 14.4 Å². The molecular formula is C53H86O6. The van der Waals surface area contributed by atoms with Gasteiger partial charge < -0.3 is 14.2 Å². The average molecular weight is 819 g/mol. The Morgan fingerprint density at radius 3 is 1.25 bits per heavy atom. The van der Waals surface area contributed by atoms with Crippen molar-refractivity contribution < 1.29 is 28.6 Å². The standard InChI is InChI=1S/C53H86O6/c1-4-7-10-13-16-19-22-24-25-26-27-28-29-32-34-37-40-43-46-52(55)58-49-50(48-57-51(54)45-42-39-36-33-30-21-18-15-12-9-6-3)59-53(56)47-44-41-38-35-31-23-20-17-14-11-8-5-2/h8,11,15-22,24-28,30,50H,4-7,9-10,12-14,23,29,31-49H2,1-3H3/b11-8-,18-15-,19-16-,20-17-,24-22-,26-25-,28-27-,30-21-. The van der Waals surface area contributed by atoms with Crippen molar-refractivity contribution in [3.05, 3.63) is 97.2 Å². The molecule has 0 fully saturated rings. The Balaban J connectivity index is 4.47. The first-order valence-electron chi connectivity index (χ1n) is 23.8. The minimum atomic E-state index is -0.805. The molecular weight excluding hydrogens is 733 g/mol. The number of carbonyl (C=O) groups is 3. The Hall–Kier alpha value is -3.67. The Morgan fingerprint density at radius 2 is 0.746 bits per heavy atom. The van der Waals surface area contributed by atoms with Crippen molar-refractivity contribution >= 4 is 17.9 Å². The van der Waals surface area contributed by atoms with Gasteiger partial charge in [0.25, 0.3) is 0 Å². The van der Waals surface area contributed by atoms with E-state index in [1.54, 1.807) is 0 Å². The first-order chi connectivity index (χ1) is 29.0. The molecule has 0 aliphatic carbocycles. The monoisotopic (exact) mass is 819 g/mol. The second-order valence-corrected chi connectivity index (χ2v) is 15.4. The molecule has 334 valence electrons. The molecule has 0 rings (SSSR count). The molecule has 1 atom stereocenters. The van der Waals surface area contributed by atoms with Crippen LogP contribution in [0, 0.1) is 0 Å². The van der Waals surface area contributed by atoms with Gasteiger partial charge in [0, 0.05) is 19.3 Å². The second kappa shape index (κ2) is 47.0. The molecule has 0 aliphatic heterocycles. The second-order valence-electron chi connectivity index (χ2n) is 15.4. The first-order valence-corrected chi connectivity index (χ1v) is 23.8. The Labute approximate surface area is 362 Å². The van der Waals surface area contributed by atoms with Crippen LogP contribution in [0.2, 0.25) is 0 Å². The van der Waals surface area contributed by atoms with Gasteiger partial charge in [-0.15, -0.1) is 0 Å². The number of esters is 3. The van der Waals surface area contributed by atoms with E-state index in [2.05, 4.69) is 118 Å². The van der Waals surface area contributed by atoms with Gasteiger partial charge in [0.2, 0.25) is 0 Å². The van der Waals surface area contributed by atoms with E-state index in [4.69, 9.17) is 14.2 Å². The van der Waals surface area contributed by atoms with Gasteiger partial charge in [-0.05, 0) is 89.9 Å². The zero-order chi connectivity index (χ0) is 43.0. The number of hydrogen-bond donors (Lipinski definition) is 0. The highest BCUT2D eigenvalue weighted by molar-refractivity contribution is 5.71. The Bertz CT molecular complexity index is 1220. The maximum Gasteiger partial charge on any atom is 0.306 e. The third kappa shape index (κ3) is 45.3. The van der Waals surface area contributed by atoms with Crippen molar-refractivity contribution in [2.45, 2.75) is 207 Å². The lowest BCUT2D eigenvalue weighted by Crippen LogP contribution is -2.30. The van der Waals surface area contributed by atoms with Crippen LogP contribution in [0.3, 0.4) is 0 Å². The summed E-state index contributed by atoms with van der Waals surface area (Å²) in [6.07, 6.45) is 61.0. The number of hydrogen-bond acceptors (Lipinski definition) is 6. The molecule has 0 aromatic heterocycles. The van der Waals surface area contributed by atoms with Crippen molar-refractivity contribution in [2.24, 2.45) is 0 Å². The van der Waals surface area contributed by atoms with Crippen LogP contribution in [0.15, 0.2) is 97.2 Å². The van der Waals surface area contributed by atoms with Gasteiger partial charge in [0.1, 0.15) is 13.2 Å². The maximum atomic E-state index is 12.7. The van der Waals surface area contributed by atoms with Crippen molar-refractivity contribution in [1.82, 2.24) is 0 Å². The molecule has 0 aromatic carbocycles. The zero-order valence-electron chi connectivity index (χ0n) is 38.0. The molecule has 1 unspecified atom stereocenters. The van der Waals surface area contributed by atoms with Crippen LogP contribution in [0.25, 0.3) is 0 Å². The van der Waals surface area contributed by atoms with Gasteiger partial charge in [-0.1, -0.05) is 189 Å². The lowest BCUT2D eigenvalue weighted by Gasteiger charge is -2.18. The van der Waals surface area contributed by atoms with E-state index in [1.807, 2.05) is 0 Å². The van der Waals surface area contributed by atoms with Gasteiger partial charge in [-0.25, -0.2) is 0 Å². The van der Waals surface area contributed by atoms with E-state index >= 15 is 0 Å². The van der Waals surface area contributed by atoms with E-state index in [-0.39, 0.29) is 31.1 Å².